The van der Waals surface area contributed by atoms with E-state index in [0.717, 1.165) is 0 Å². The number of carboxylic acids is 1. The summed E-state index contributed by atoms with van der Waals surface area (Å²) < 4.78 is 5.32. The van der Waals surface area contributed by atoms with Crippen LogP contribution in [0.2, 0.25) is 0 Å². The maximum Gasteiger partial charge on any atom is 0.326 e. The molecule has 0 radical (unpaired) electrons. The second kappa shape index (κ2) is 7.88. The van der Waals surface area contributed by atoms with E-state index in [1.165, 1.54) is 6.07 Å². The highest BCUT2D eigenvalue weighted by Gasteiger charge is 2.22. The fourth-order valence-electron chi connectivity index (χ4n) is 1.72. The Morgan fingerprint density at radius 2 is 2.00 bits per heavy atom. The third-order valence-electron chi connectivity index (χ3n) is 2.71. The summed E-state index contributed by atoms with van der Waals surface area (Å²) in [5.41, 5.74) is 5.22. The highest BCUT2D eigenvalue weighted by Crippen LogP contribution is 2.18. The molecule has 0 aromatic heterocycles. The summed E-state index contributed by atoms with van der Waals surface area (Å²) in [6.07, 6.45) is -0.183. The minimum Gasteiger partial charge on any atom is -0.493 e. The number of carboxylic acid groups (broad SMARTS) is 1. The normalized spacial score (nSPS) is 11.5. The van der Waals surface area contributed by atoms with Gasteiger partial charge in [0.15, 0.2) is 0 Å². The van der Waals surface area contributed by atoms with Crippen molar-refractivity contribution in [1.29, 1.82) is 0 Å². The topological polar surface area (TPSA) is 119 Å². The molecule has 0 heterocycles. The lowest BCUT2D eigenvalue weighted by molar-refractivity contribution is -0.139. The first-order chi connectivity index (χ1) is 9.95. The lowest BCUT2D eigenvalue weighted by atomic mass is 10.1. The zero-order chi connectivity index (χ0) is 15.8. The SMILES string of the molecule is CCOc1ccccc1C(=O)NC(CCC(N)=O)C(=O)O. The van der Waals surface area contributed by atoms with Crippen molar-refractivity contribution < 1.29 is 24.2 Å². The molecule has 2 amide bonds. The molecule has 0 aliphatic carbocycles. The molecule has 1 rings (SSSR count). The molecular weight excluding hydrogens is 276 g/mol. The Kier molecular flexibility index (Phi) is 6.19. The predicted octanol–water partition coefficient (Wildman–Crippen LogP) is 0.534. The third-order valence-corrected chi connectivity index (χ3v) is 2.71. The lowest BCUT2D eigenvalue weighted by Crippen LogP contribution is -2.41. The predicted molar refractivity (Wildman–Crippen MR) is 74.9 cm³/mol. The summed E-state index contributed by atoms with van der Waals surface area (Å²) in [6, 6.07) is 5.34. The number of aliphatic carboxylic acids is 1. The Morgan fingerprint density at radius 1 is 1.33 bits per heavy atom. The number of carbonyl (C=O) groups excluding carboxylic acids is 2. The van der Waals surface area contributed by atoms with Gasteiger partial charge in [-0.3, -0.25) is 9.59 Å². The van der Waals surface area contributed by atoms with Crippen LogP contribution >= 0.6 is 0 Å². The fraction of sp³-hybridized carbons (Fsp3) is 0.357. The van der Waals surface area contributed by atoms with E-state index in [4.69, 9.17) is 15.6 Å². The summed E-state index contributed by atoms with van der Waals surface area (Å²) in [4.78, 5) is 33.9. The first kappa shape index (κ1) is 16.5. The molecule has 1 unspecified atom stereocenters. The Bertz CT molecular complexity index is 530. The number of primary amides is 1. The van der Waals surface area contributed by atoms with Gasteiger partial charge in [-0.25, -0.2) is 4.79 Å². The van der Waals surface area contributed by atoms with Gasteiger partial charge in [0.05, 0.1) is 12.2 Å². The molecule has 0 fully saturated rings. The van der Waals surface area contributed by atoms with Gasteiger partial charge in [0, 0.05) is 6.42 Å². The summed E-state index contributed by atoms with van der Waals surface area (Å²) in [6.45, 7) is 2.16. The number of benzene rings is 1. The maximum atomic E-state index is 12.1. The van der Waals surface area contributed by atoms with E-state index in [0.29, 0.717) is 12.4 Å². The number of hydrogen-bond donors (Lipinski definition) is 3. The van der Waals surface area contributed by atoms with Crippen molar-refractivity contribution in [2.45, 2.75) is 25.8 Å². The van der Waals surface area contributed by atoms with Gasteiger partial charge in [0.1, 0.15) is 11.8 Å². The molecule has 1 aromatic carbocycles. The molecule has 0 bridgehead atoms. The van der Waals surface area contributed by atoms with Gasteiger partial charge in [-0.2, -0.15) is 0 Å². The van der Waals surface area contributed by atoms with Crippen LogP contribution in [0.25, 0.3) is 0 Å². The van der Waals surface area contributed by atoms with Gasteiger partial charge >= 0.3 is 5.97 Å². The molecule has 21 heavy (non-hydrogen) atoms. The second-order valence-corrected chi connectivity index (χ2v) is 4.30. The van der Waals surface area contributed by atoms with Crippen LogP contribution < -0.4 is 15.8 Å². The first-order valence-corrected chi connectivity index (χ1v) is 6.49. The van der Waals surface area contributed by atoms with Crippen LogP contribution in [0.4, 0.5) is 0 Å². The number of ether oxygens (including phenoxy) is 1. The lowest BCUT2D eigenvalue weighted by Gasteiger charge is -2.15. The highest BCUT2D eigenvalue weighted by atomic mass is 16.5. The molecule has 7 heteroatoms. The molecule has 0 aliphatic heterocycles. The van der Waals surface area contributed by atoms with Gasteiger partial charge in [0.25, 0.3) is 5.91 Å². The summed E-state index contributed by atoms with van der Waals surface area (Å²) in [5.74, 6) is -2.05. The third kappa shape index (κ3) is 5.13. The van der Waals surface area contributed by atoms with Crippen molar-refractivity contribution in [3.05, 3.63) is 29.8 Å². The van der Waals surface area contributed by atoms with Crippen LogP contribution in [0.5, 0.6) is 5.75 Å². The average molecular weight is 294 g/mol. The number of nitrogens with one attached hydrogen (secondary N) is 1. The summed E-state index contributed by atoms with van der Waals surface area (Å²) in [5, 5.41) is 11.4. The van der Waals surface area contributed by atoms with E-state index in [9.17, 15) is 14.4 Å². The largest absolute Gasteiger partial charge is 0.493 e. The van der Waals surface area contributed by atoms with Gasteiger partial charge < -0.3 is 20.9 Å². The van der Waals surface area contributed by atoms with Crippen LogP contribution in [-0.2, 0) is 9.59 Å². The zero-order valence-corrected chi connectivity index (χ0v) is 11.7. The quantitative estimate of drug-likeness (QED) is 0.646. The Hall–Kier alpha value is -2.57. The van der Waals surface area contributed by atoms with Crippen molar-refractivity contribution in [2.75, 3.05) is 6.61 Å². The number of para-hydroxylation sites is 1. The van der Waals surface area contributed by atoms with E-state index in [-0.39, 0.29) is 18.4 Å². The molecule has 0 saturated heterocycles. The Morgan fingerprint density at radius 3 is 2.57 bits per heavy atom. The van der Waals surface area contributed by atoms with Gasteiger partial charge in [-0.1, -0.05) is 12.1 Å². The number of carbonyl (C=O) groups is 3. The molecule has 0 spiro atoms. The van der Waals surface area contributed by atoms with Crippen molar-refractivity contribution in [2.24, 2.45) is 5.73 Å². The number of amides is 2. The monoisotopic (exact) mass is 294 g/mol. The smallest absolute Gasteiger partial charge is 0.326 e. The molecule has 114 valence electrons. The van der Waals surface area contributed by atoms with Crippen LogP contribution in [0.1, 0.15) is 30.1 Å². The minimum absolute atomic E-state index is 0.0623. The average Bonchev–Trinajstić information content (AvgIpc) is 2.43. The van der Waals surface area contributed by atoms with E-state index < -0.39 is 23.8 Å². The molecule has 4 N–H and O–H groups in total. The second-order valence-electron chi connectivity index (χ2n) is 4.30. The van der Waals surface area contributed by atoms with Crippen LogP contribution in [0, 0.1) is 0 Å². The van der Waals surface area contributed by atoms with Crippen LogP contribution in [0.3, 0.4) is 0 Å². The molecule has 1 atom stereocenters. The highest BCUT2D eigenvalue weighted by molar-refractivity contribution is 5.99. The Balaban J connectivity index is 2.82. The zero-order valence-electron chi connectivity index (χ0n) is 11.7. The van der Waals surface area contributed by atoms with Crippen LogP contribution in [-0.4, -0.2) is 35.5 Å². The van der Waals surface area contributed by atoms with E-state index in [1.807, 2.05) is 0 Å². The van der Waals surface area contributed by atoms with Crippen molar-refractivity contribution in [1.82, 2.24) is 5.32 Å². The molecular formula is C14H18N2O5. The first-order valence-electron chi connectivity index (χ1n) is 6.49. The van der Waals surface area contributed by atoms with E-state index >= 15 is 0 Å². The van der Waals surface area contributed by atoms with Crippen LogP contribution in [0.15, 0.2) is 24.3 Å². The molecule has 1 aromatic rings. The number of nitrogens with two attached hydrogens (primary N) is 1. The molecule has 7 nitrogen and oxygen atoms in total. The maximum absolute atomic E-state index is 12.1. The van der Waals surface area contributed by atoms with Crippen molar-refractivity contribution >= 4 is 17.8 Å². The van der Waals surface area contributed by atoms with Gasteiger partial charge in [-0.05, 0) is 25.5 Å². The van der Waals surface area contributed by atoms with Gasteiger partial charge in [-0.15, -0.1) is 0 Å². The van der Waals surface area contributed by atoms with E-state index in [2.05, 4.69) is 5.32 Å². The fourth-order valence-corrected chi connectivity index (χ4v) is 1.72. The number of hydrogen-bond acceptors (Lipinski definition) is 4. The van der Waals surface area contributed by atoms with Crippen molar-refractivity contribution in [3.63, 3.8) is 0 Å². The summed E-state index contributed by atoms with van der Waals surface area (Å²) in [7, 11) is 0. The molecule has 0 saturated carbocycles. The van der Waals surface area contributed by atoms with E-state index in [1.54, 1.807) is 25.1 Å². The number of rotatable bonds is 8. The van der Waals surface area contributed by atoms with Crippen molar-refractivity contribution in [3.8, 4) is 5.75 Å². The Labute approximate surface area is 122 Å². The van der Waals surface area contributed by atoms with Gasteiger partial charge in [0.2, 0.25) is 5.91 Å². The molecule has 0 aliphatic rings. The standard InChI is InChI=1S/C14H18N2O5/c1-2-21-11-6-4-3-5-9(11)13(18)16-10(14(19)20)7-8-12(15)17/h3-6,10H,2,7-8H2,1H3,(H2,15,17)(H,16,18)(H,19,20). The summed E-state index contributed by atoms with van der Waals surface area (Å²) >= 11 is 0. The minimum atomic E-state index is -1.22.